The van der Waals surface area contributed by atoms with Crippen molar-refractivity contribution in [3.8, 4) is 0 Å². The molecule has 2 saturated heterocycles. The number of fused-ring (bicyclic) bond motifs is 1. The molecule has 5 atom stereocenters. The molecule has 0 saturated carbocycles. The largest absolute Gasteiger partial charge is 0.388 e. The Labute approximate surface area is 158 Å². The van der Waals surface area contributed by atoms with E-state index in [4.69, 9.17) is 4.74 Å². The molecule has 0 aliphatic carbocycles. The quantitative estimate of drug-likeness (QED) is 0.623. The average Bonchev–Trinajstić information content (AvgIpc) is 3.06. The van der Waals surface area contributed by atoms with Crippen LogP contribution in [0.15, 0.2) is 35.3 Å². The minimum Gasteiger partial charge on any atom is -0.388 e. The maximum Gasteiger partial charge on any atom is 0.164 e. The summed E-state index contributed by atoms with van der Waals surface area (Å²) in [5, 5.41) is 24.4. The number of carbonyl (C=O) groups is 1. The highest BCUT2D eigenvalue weighted by Crippen LogP contribution is 2.34. The number of ether oxygens (including phenoxy) is 1. The normalized spacial score (nSPS) is 32.3. The number of carbonyl (C=O) groups excluding carboxylic acids is 1. The lowest BCUT2D eigenvalue weighted by Gasteiger charge is -2.38. The van der Waals surface area contributed by atoms with Crippen LogP contribution in [0.25, 0.3) is 0 Å². The highest BCUT2D eigenvalue weighted by Gasteiger charge is 2.50. The number of benzene rings is 1. The predicted molar refractivity (Wildman–Crippen MR) is 102 cm³/mol. The molecule has 2 aliphatic rings. The molecule has 0 unspecified atom stereocenters. The Morgan fingerprint density at radius 2 is 2.00 bits per heavy atom. The summed E-state index contributed by atoms with van der Waals surface area (Å²) in [5.74, 6) is -0.149. The van der Waals surface area contributed by atoms with Crippen LogP contribution in [-0.2, 0) is 16.0 Å². The van der Waals surface area contributed by atoms with Gasteiger partial charge in [0.15, 0.2) is 11.0 Å². The summed E-state index contributed by atoms with van der Waals surface area (Å²) >= 11 is 1.37. The number of hydrogen-bond donors (Lipinski definition) is 3. The lowest BCUT2D eigenvalue weighted by atomic mass is 9.93. The molecule has 6 nitrogen and oxygen atoms in total. The summed E-state index contributed by atoms with van der Waals surface area (Å²) in [7, 11) is 0. The third-order valence-corrected chi connectivity index (χ3v) is 5.83. The van der Waals surface area contributed by atoms with Gasteiger partial charge in [-0.15, -0.1) is 0 Å². The van der Waals surface area contributed by atoms with Crippen LogP contribution in [0.3, 0.4) is 0 Å². The number of aliphatic hydroxyl groups excluding tert-OH is 2. The summed E-state index contributed by atoms with van der Waals surface area (Å²) in [6.07, 6.45) is -0.345. The Kier molecular flexibility index (Phi) is 6.69. The maximum absolute atomic E-state index is 12.5. The predicted octanol–water partition coefficient (Wildman–Crippen LogP) is 1.50. The van der Waals surface area contributed by atoms with Crippen molar-refractivity contribution in [1.29, 1.82) is 0 Å². The number of nitrogens with one attached hydrogen (secondary N) is 1. The molecule has 0 bridgehead atoms. The third kappa shape index (κ3) is 4.46. The van der Waals surface area contributed by atoms with E-state index in [1.807, 2.05) is 25.1 Å². The summed E-state index contributed by atoms with van der Waals surface area (Å²) in [6.45, 7) is 2.54. The second-order valence-electron chi connectivity index (χ2n) is 6.63. The topological polar surface area (TPSA) is 91.2 Å². The number of unbranched alkanes of at least 4 members (excludes halogenated alkanes) is 1. The van der Waals surface area contributed by atoms with Gasteiger partial charge in [-0.05, 0) is 31.7 Å². The fourth-order valence-electron chi connectivity index (χ4n) is 3.31. The van der Waals surface area contributed by atoms with Gasteiger partial charge in [0.2, 0.25) is 0 Å². The molecule has 2 fully saturated rings. The van der Waals surface area contributed by atoms with Crippen molar-refractivity contribution < 1.29 is 19.7 Å². The van der Waals surface area contributed by atoms with Gasteiger partial charge in [-0.3, -0.25) is 9.79 Å². The summed E-state index contributed by atoms with van der Waals surface area (Å²) in [5.41, 5.74) is 0.848. The smallest absolute Gasteiger partial charge is 0.164 e. The van der Waals surface area contributed by atoms with Gasteiger partial charge in [0.1, 0.15) is 23.7 Å². The van der Waals surface area contributed by atoms with Gasteiger partial charge in [-0.1, -0.05) is 42.1 Å². The Balaban J connectivity index is 1.50. The molecular formula is C19H26N2O4S. The molecule has 1 aromatic carbocycles. The average molecular weight is 378 g/mol. The molecule has 26 heavy (non-hydrogen) atoms. The Hall–Kier alpha value is -1.41. The number of rotatable bonds is 7. The third-order valence-electron chi connectivity index (χ3n) is 4.72. The van der Waals surface area contributed by atoms with Crippen molar-refractivity contribution in [2.45, 2.75) is 62.4 Å². The molecule has 2 aliphatic heterocycles. The molecule has 0 radical (unpaired) electrons. The van der Waals surface area contributed by atoms with Crippen LogP contribution in [-0.4, -0.2) is 57.5 Å². The summed E-state index contributed by atoms with van der Waals surface area (Å²) < 4.78 is 5.81. The van der Waals surface area contributed by atoms with Crippen LogP contribution in [0, 0.1) is 0 Å². The van der Waals surface area contributed by atoms with Crippen molar-refractivity contribution in [2.24, 2.45) is 4.99 Å². The summed E-state index contributed by atoms with van der Waals surface area (Å²) in [6, 6.07) is 9.71. The minimum absolute atomic E-state index is 0.149. The van der Waals surface area contributed by atoms with E-state index < -0.39 is 29.8 Å². The lowest BCUT2D eigenvalue weighted by Crippen LogP contribution is -2.60. The van der Waals surface area contributed by atoms with Gasteiger partial charge in [0.25, 0.3) is 0 Å². The van der Waals surface area contributed by atoms with Crippen LogP contribution in [0.2, 0.25) is 0 Å². The SMILES string of the molecule is CCN=C1N[C@@H]2[C@@H](O)[C@H](O)[C@@H](C(=O)CCCCc3ccccc3)O[C@@H]2S1. The van der Waals surface area contributed by atoms with Crippen LogP contribution in [0.1, 0.15) is 31.7 Å². The van der Waals surface area contributed by atoms with E-state index in [0.717, 1.165) is 19.3 Å². The Morgan fingerprint density at radius 3 is 2.73 bits per heavy atom. The van der Waals surface area contributed by atoms with Gasteiger partial charge >= 0.3 is 0 Å². The van der Waals surface area contributed by atoms with E-state index in [9.17, 15) is 15.0 Å². The number of nitrogens with zero attached hydrogens (tertiary/aromatic N) is 1. The van der Waals surface area contributed by atoms with E-state index >= 15 is 0 Å². The van der Waals surface area contributed by atoms with E-state index in [-0.39, 0.29) is 5.78 Å². The van der Waals surface area contributed by atoms with Gasteiger partial charge in [-0.25, -0.2) is 0 Å². The first-order chi connectivity index (χ1) is 12.6. The van der Waals surface area contributed by atoms with Crippen molar-refractivity contribution >= 4 is 22.7 Å². The van der Waals surface area contributed by atoms with Crippen LogP contribution in [0.4, 0.5) is 0 Å². The highest BCUT2D eigenvalue weighted by molar-refractivity contribution is 8.14. The molecule has 0 aromatic heterocycles. The van der Waals surface area contributed by atoms with E-state index in [2.05, 4.69) is 22.4 Å². The van der Waals surface area contributed by atoms with Crippen LogP contribution >= 0.6 is 11.8 Å². The molecule has 3 rings (SSSR count). The monoisotopic (exact) mass is 378 g/mol. The number of aliphatic imine (C=N–C) groups is 1. The maximum atomic E-state index is 12.5. The van der Waals surface area contributed by atoms with E-state index in [1.54, 1.807) is 0 Å². The lowest BCUT2D eigenvalue weighted by molar-refractivity contribution is -0.171. The minimum atomic E-state index is -1.22. The Morgan fingerprint density at radius 1 is 1.23 bits per heavy atom. The number of ketones is 1. The molecule has 142 valence electrons. The molecular weight excluding hydrogens is 352 g/mol. The number of thioether (sulfide) groups is 1. The number of Topliss-reactive ketones (excluding diaryl/α,β-unsaturated/α-hetero) is 1. The first kappa shape index (κ1) is 19.4. The fourth-order valence-corrected chi connectivity index (χ4v) is 4.49. The van der Waals surface area contributed by atoms with Gasteiger partial charge in [-0.2, -0.15) is 0 Å². The molecule has 7 heteroatoms. The van der Waals surface area contributed by atoms with Crippen molar-refractivity contribution in [1.82, 2.24) is 5.32 Å². The zero-order chi connectivity index (χ0) is 18.5. The van der Waals surface area contributed by atoms with Gasteiger partial charge in [0, 0.05) is 13.0 Å². The molecule has 0 spiro atoms. The van der Waals surface area contributed by atoms with Crippen molar-refractivity contribution in [3.05, 3.63) is 35.9 Å². The highest BCUT2D eigenvalue weighted by atomic mass is 32.2. The van der Waals surface area contributed by atoms with Crippen LogP contribution in [0.5, 0.6) is 0 Å². The van der Waals surface area contributed by atoms with Gasteiger partial charge < -0.3 is 20.3 Å². The second kappa shape index (κ2) is 8.99. The van der Waals surface area contributed by atoms with Crippen LogP contribution < -0.4 is 5.32 Å². The zero-order valence-corrected chi connectivity index (χ0v) is 15.7. The molecule has 0 amide bonds. The van der Waals surface area contributed by atoms with E-state index in [1.165, 1.54) is 17.3 Å². The Bertz CT molecular complexity index is 640. The molecule has 2 heterocycles. The van der Waals surface area contributed by atoms with Crippen molar-refractivity contribution in [3.63, 3.8) is 0 Å². The number of hydrogen-bond acceptors (Lipinski definition) is 6. The van der Waals surface area contributed by atoms with E-state index in [0.29, 0.717) is 18.1 Å². The van der Waals surface area contributed by atoms with Gasteiger partial charge in [0.05, 0.1) is 6.04 Å². The zero-order valence-electron chi connectivity index (χ0n) is 14.9. The first-order valence-electron chi connectivity index (χ1n) is 9.16. The summed E-state index contributed by atoms with van der Waals surface area (Å²) in [4.78, 5) is 16.8. The van der Waals surface area contributed by atoms with Crippen molar-refractivity contribution in [2.75, 3.05) is 6.54 Å². The fraction of sp³-hybridized carbons (Fsp3) is 0.579. The molecule has 1 aromatic rings. The molecule has 3 N–H and O–H groups in total. The number of aryl methyl sites for hydroxylation is 1. The number of aliphatic hydroxyl groups is 2. The first-order valence-corrected chi connectivity index (χ1v) is 10.0. The second-order valence-corrected chi connectivity index (χ2v) is 7.72. The number of amidine groups is 1. The standard InChI is InChI=1S/C19H26N2O4S/c1-2-20-19-21-14-15(23)16(24)17(25-18(14)26-19)13(22)11-7-6-10-12-8-4-3-5-9-12/h3-5,8-9,14-18,23-24H,2,6-7,10-11H2,1H3,(H,20,21)/t14-,15-,16+,17-,18-/m1/s1.